The number of ether oxygens (including phenoxy) is 1. The fourth-order valence-electron chi connectivity index (χ4n) is 3.99. The van der Waals surface area contributed by atoms with Crippen LogP contribution in [-0.4, -0.2) is 12.6 Å². The normalized spacial score (nSPS) is 29.5. The Morgan fingerprint density at radius 3 is 2.89 bits per heavy atom. The summed E-state index contributed by atoms with van der Waals surface area (Å²) >= 11 is 0. The lowest BCUT2D eigenvalue weighted by Crippen LogP contribution is -2.16. The van der Waals surface area contributed by atoms with Gasteiger partial charge in [0.2, 0.25) is 0 Å². The van der Waals surface area contributed by atoms with E-state index in [0.717, 1.165) is 24.2 Å². The summed E-state index contributed by atoms with van der Waals surface area (Å²) in [5.74, 6) is 2.98. The van der Waals surface area contributed by atoms with Crippen LogP contribution in [0.15, 0.2) is 11.6 Å². The van der Waals surface area contributed by atoms with Gasteiger partial charge in [-0.2, -0.15) is 0 Å². The van der Waals surface area contributed by atoms with E-state index in [4.69, 9.17) is 4.74 Å². The van der Waals surface area contributed by atoms with Gasteiger partial charge in [0.15, 0.2) is 0 Å². The Hall–Kier alpha value is -0.790. The maximum Gasteiger partial charge on any atom is 0.305 e. The lowest BCUT2D eigenvalue weighted by atomic mass is 9.82. The molecule has 2 rings (SSSR count). The first-order chi connectivity index (χ1) is 9.11. The Morgan fingerprint density at radius 1 is 1.42 bits per heavy atom. The van der Waals surface area contributed by atoms with Crippen LogP contribution < -0.4 is 0 Å². The number of hydrogen-bond donors (Lipinski definition) is 0. The minimum absolute atomic E-state index is 0.0205. The van der Waals surface area contributed by atoms with Crippen LogP contribution in [0.3, 0.4) is 0 Å². The summed E-state index contributed by atoms with van der Waals surface area (Å²) < 4.78 is 5.07. The number of esters is 1. The Morgan fingerprint density at radius 2 is 2.21 bits per heavy atom. The van der Waals surface area contributed by atoms with E-state index in [1.54, 1.807) is 5.57 Å². The molecule has 2 heteroatoms. The van der Waals surface area contributed by atoms with Gasteiger partial charge in [0.1, 0.15) is 0 Å². The topological polar surface area (TPSA) is 26.3 Å². The molecule has 0 heterocycles. The Labute approximate surface area is 117 Å². The molecule has 0 N–H and O–H groups in total. The van der Waals surface area contributed by atoms with Gasteiger partial charge in [0.05, 0.1) is 6.61 Å². The van der Waals surface area contributed by atoms with Gasteiger partial charge in [-0.05, 0) is 56.3 Å². The van der Waals surface area contributed by atoms with Crippen molar-refractivity contribution in [1.29, 1.82) is 0 Å². The zero-order valence-corrected chi connectivity index (χ0v) is 12.7. The summed E-state index contributed by atoms with van der Waals surface area (Å²) in [7, 11) is 0. The number of allylic oxidation sites excluding steroid dienone is 2. The molecule has 1 saturated carbocycles. The second kappa shape index (κ2) is 6.58. The van der Waals surface area contributed by atoms with Crippen molar-refractivity contribution in [2.45, 2.75) is 59.3 Å². The molecule has 108 valence electrons. The molecule has 0 saturated heterocycles. The molecule has 2 nitrogen and oxygen atoms in total. The number of hydrogen-bond acceptors (Lipinski definition) is 2. The van der Waals surface area contributed by atoms with Gasteiger partial charge in [-0.1, -0.05) is 31.9 Å². The van der Waals surface area contributed by atoms with Gasteiger partial charge < -0.3 is 4.74 Å². The summed E-state index contributed by atoms with van der Waals surface area (Å²) in [5, 5.41) is 0. The quantitative estimate of drug-likeness (QED) is 0.526. The minimum Gasteiger partial charge on any atom is -0.466 e. The van der Waals surface area contributed by atoms with Crippen molar-refractivity contribution < 1.29 is 9.53 Å². The third kappa shape index (κ3) is 3.61. The minimum atomic E-state index is -0.0205. The molecule has 3 atom stereocenters. The zero-order chi connectivity index (χ0) is 13.8. The molecule has 0 bridgehead atoms. The van der Waals surface area contributed by atoms with E-state index in [1.165, 1.54) is 25.7 Å². The van der Waals surface area contributed by atoms with Crippen LogP contribution >= 0.6 is 0 Å². The zero-order valence-electron chi connectivity index (χ0n) is 12.7. The number of rotatable bonds is 6. The number of fused-ring (bicyclic) bond motifs is 1. The van der Waals surface area contributed by atoms with Gasteiger partial charge in [0, 0.05) is 6.42 Å². The molecule has 0 aromatic rings. The lowest BCUT2D eigenvalue weighted by Gasteiger charge is -2.23. The van der Waals surface area contributed by atoms with Crippen molar-refractivity contribution in [1.82, 2.24) is 0 Å². The molecule has 0 aliphatic heterocycles. The second-order valence-electron chi connectivity index (χ2n) is 6.55. The van der Waals surface area contributed by atoms with E-state index >= 15 is 0 Å². The largest absolute Gasteiger partial charge is 0.466 e. The molecule has 0 amide bonds. The molecule has 19 heavy (non-hydrogen) atoms. The van der Waals surface area contributed by atoms with Gasteiger partial charge in [-0.15, -0.1) is 0 Å². The molecule has 0 aromatic heterocycles. The van der Waals surface area contributed by atoms with Crippen LogP contribution in [0.25, 0.3) is 0 Å². The molecular formula is C17H28O2. The molecule has 2 aliphatic carbocycles. The van der Waals surface area contributed by atoms with Gasteiger partial charge in [0.25, 0.3) is 0 Å². The summed E-state index contributed by atoms with van der Waals surface area (Å²) in [5.41, 5.74) is 1.63. The predicted octanol–water partition coefficient (Wildman–Crippen LogP) is 4.35. The fourth-order valence-corrected chi connectivity index (χ4v) is 3.99. The maximum atomic E-state index is 11.6. The van der Waals surface area contributed by atoms with Crippen molar-refractivity contribution in [3.8, 4) is 0 Å². The Kier molecular flexibility index (Phi) is 5.06. The van der Waals surface area contributed by atoms with Crippen molar-refractivity contribution >= 4 is 5.97 Å². The first kappa shape index (κ1) is 14.6. The highest BCUT2D eigenvalue weighted by atomic mass is 16.5. The molecule has 0 spiro atoms. The molecule has 2 aliphatic rings. The van der Waals surface area contributed by atoms with Gasteiger partial charge in [-0.25, -0.2) is 0 Å². The van der Waals surface area contributed by atoms with E-state index in [0.29, 0.717) is 18.9 Å². The Balaban J connectivity index is 1.95. The van der Waals surface area contributed by atoms with Crippen LogP contribution in [0.1, 0.15) is 59.3 Å². The average molecular weight is 264 g/mol. The van der Waals surface area contributed by atoms with Crippen molar-refractivity contribution in [2.75, 3.05) is 6.61 Å². The van der Waals surface area contributed by atoms with Crippen molar-refractivity contribution in [2.24, 2.45) is 23.7 Å². The second-order valence-corrected chi connectivity index (χ2v) is 6.55. The SMILES string of the molecule is CCOC(=O)CC[C@@H]1C(CC(C)C)=C[C@H]2CCC[C@@H]12. The first-order valence-corrected chi connectivity index (χ1v) is 7.98. The number of carbonyl (C=O) groups is 1. The summed E-state index contributed by atoms with van der Waals surface area (Å²) in [6.07, 6.45) is 9.44. The van der Waals surface area contributed by atoms with Crippen molar-refractivity contribution in [3.63, 3.8) is 0 Å². The highest BCUT2D eigenvalue weighted by Gasteiger charge is 2.39. The lowest BCUT2D eigenvalue weighted by molar-refractivity contribution is -0.143. The third-order valence-electron chi connectivity index (χ3n) is 4.65. The standard InChI is InChI=1S/C17H28O2/c1-4-19-17(18)9-8-16-14(10-12(2)3)11-13-6-5-7-15(13)16/h11-13,15-16H,4-10H2,1-3H3/t13-,15-,16-/m1/s1. The highest BCUT2D eigenvalue weighted by Crippen LogP contribution is 2.49. The molecule has 0 aromatic carbocycles. The highest BCUT2D eigenvalue weighted by molar-refractivity contribution is 5.69. The average Bonchev–Trinajstić information content (AvgIpc) is 2.87. The van der Waals surface area contributed by atoms with Crippen LogP contribution in [0, 0.1) is 23.7 Å². The third-order valence-corrected chi connectivity index (χ3v) is 4.65. The van der Waals surface area contributed by atoms with Crippen LogP contribution in [0.5, 0.6) is 0 Å². The monoisotopic (exact) mass is 264 g/mol. The van der Waals surface area contributed by atoms with Crippen molar-refractivity contribution in [3.05, 3.63) is 11.6 Å². The molecule has 0 unspecified atom stereocenters. The summed E-state index contributed by atoms with van der Waals surface area (Å²) in [6.45, 7) is 6.96. The Bertz CT molecular complexity index is 343. The van der Waals surface area contributed by atoms with Crippen LogP contribution in [0.4, 0.5) is 0 Å². The fraction of sp³-hybridized carbons (Fsp3) is 0.824. The smallest absolute Gasteiger partial charge is 0.305 e. The number of carbonyl (C=O) groups excluding carboxylic acids is 1. The van der Waals surface area contributed by atoms with Crippen LogP contribution in [0.2, 0.25) is 0 Å². The van der Waals surface area contributed by atoms with E-state index < -0.39 is 0 Å². The first-order valence-electron chi connectivity index (χ1n) is 7.98. The molecule has 1 fully saturated rings. The summed E-state index contributed by atoms with van der Waals surface area (Å²) in [6, 6.07) is 0. The molecule has 0 radical (unpaired) electrons. The van der Waals surface area contributed by atoms with E-state index in [1.807, 2.05) is 6.92 Å². The van der Waals surface area contributed by atoms with E-state index in [9.17, 15) is 4.79 Å². The van der Waals surface area contributed by atoms with E-state index in [2.05, 4.69) is 19.9 Å². The van der Waals surface area contributed by atoms with Gasteiger partial charge in [-0.3, -0.25) is 4.79 Å². The summed E-state index contributed by atoms with van der Waals surface area (Å²) in [4.78, 5) is 11.6. The van der Waals surface area contributed by atoms with Gasteiger partial charge >= 0.3 is 5.97 Å². The predicted molar refractivity (Wildman–Crippen MR) is 77.7 cm³/mol. The van der Waals surface area contributed by atoms with Crippen LogP contribution in [-0.2, 0) is 9.53 Å². The maximum absolute atomic E-state index is 11.6. The van der Waals surface area contributed by atoms with E-state index in [-0.39, 0.29) is 5.97 Å². The molecular weight excluding hydrogens is 236 g/mol.